The first-order valence-corrected chi connectivity index (χ1v) is 5.62. The molecule has 0 saturated carbocycles. The summed E-state index contributed by atoms with van der Waals surface area (Å²) < 4.78 is 5.10. The van der Waals surface area contributed by atoms with Crippen LogP contribution in [0.25, 0.3) is 11.1 Å². The molecule has 0 amide bonds. The van der Waals surface area contributed by atoms with Crippen LogP contribution in [0.4, 0.5) is 0 Å². The van der Waals surface area contributed by atoms with E-state index in [1.54, 1.807) is 0 Å². The van der Waals surface area contributed by atoms with Gasteiger partial charge in [0, 0.05) is 5.56 Å². The zero-order valence-electron chi connectivity index (χ0n) is 9.57. The standard InChI is InChI=1S/C15H12O2/c1-10-7-8-12-13(9-17-15(12)16)14(10)11-5-3-2-4-6-11/h2-8H,9H2,1H3. The second-order valence-corrected chi connectivity index (χ2v) is 4.23. The predicted molar refractivity (Wildman–Crippen MR) is 65.7 cm³/mol. The lowest BCUT2D eigenvalue weighted by atomic mass is 9.93. The number of carbonyl (C=O) groups is 1. The topological polar surface area (TPSA) is 26.3 Å². The number of rotatable bonds is 1. The Balaban J connectivity index is 2.27. The van der Waals surface area contributed by atoms with E-state index in [2.05, 4.69) is 19.1 Å². The van der Waals surface area contributed by atoms with Crippen molar-refractivity contribution in [2.45, 2.75) is 13.5 Å². The number of hydrogen-bond donors (Lipinski definition) is 0. The van der Waals surface area contributed by atoms with E-state index in [1.807, 2.05) is 30.3 Å². The number of hydrogen-bond acceptors (Lipinski definition) is 2. The van der Waals surface area contributed by atoms with Gasteiger partial charge in [0.1, 0.15) is 6.61 Å². The summed E-state index contributed by atoms with van der Waals surface area (Å²) in [5, 5.41) is 0. The molecule has 2 aromatic rings. The molecular weight excluding hydrogens is 212 g/mol. The molecule has 0 aromatic heterocycles. The minimum Gasteiger partial charge on any atom is -0.457 e. The molecule has 2 heteroatoms. The molecule has 0 saturated heterocycles. The van der Waals surface area contributed by atoms with Gasteiger partial charge in [0.05, 0.1) is 5.56 Å². The third kappa shape index (κ3) is 1.53. The Morgan fingerprint density at radius 2 is 1.82 bits per heavy atom. The van der Waals surface area contributed by atoms with Crippen molar-refractivity contribution in [3.63, 3.8) is 0 Å². The maximum Gasteiger partial charge on any atom is 0.338 e. The van der Waals surface area contributed by atoms with Crippen LogP contribution >= 0.6 is 0 Å². The highest BCUT2D eigenvalue weighted by Gasteiger charge is 2.25. The summed E-state index contributed by atoms with van der Waals surface area (Å²) in [4.78, 5) is 11.5. The molecule has 84 valence electrons. The zero-order chi connectivity index (χ0) is 11.8. The van der Waals surface area contributed by atoms with Crippen molar-refractivity contribution in [3.8, 4) is 11.1 Å². The van der Waals surface area contributed by atoms with E-state index in [0.29, 0.717) is 12.2 Å². The van der Waals surface area contributed by atoms with Gasteiger partial charge in [-0.15, -0.1) is 0 Å². The molecule has 0 radical (unpaired) electrons. The quantitative estimate of drug-likeness (QED) is 0.694. The molecule has 0 unspecified atom stereocenters. The van der Waals surface area contributed by atoms with Crippen molar-refractivity contribution in [2.75, 3.05) is 0 Å². The van der Waals surface area contributed by atoms with Gasteiger partial charge in [-0.1, -0.05) is 36.4 Å². The van der Waals surface area contributed by atoms with Gasteiger partial charge >= 0.3 is 5.97 Å². The number of ether oxygens (including phenoxy) is 1. The zero-order valence-corrected chi connectivity index (χ0v) is 9.57. The Labute approximate surface area is 99.9 Å². The first kappa shape index (κ1) is 10.1. The number of esters is 1. The fourth-order valence-corrected chi connectivity index (χ4v) is 2.33. The Kier molecular flexibility index (Phi) is 2.22. The lowest BCUT2D eigenvalue weighted by molar-refractivity contribution is 0.0535. The highest BCUT2D eigenvalue weighted by molar-refractivity contribution is 5.96. The maximum atomic E-state index is 11.5. The van der Waals surface area contributed by atoms with Crippen LogP contribution in [0.15, 0.2) is 42.5 Å². The van der Waals surface area contributed by atoms with E-state index in [1.165, 1.54) is 5.56 Å². The molecule has 0 N–H and O–H groups in total. The lowest BCUT2D eigenvalue weighted by Gasteiger charge is -2.10. The Bertz CT molecular complexity index is 585. The van der Waals surface area contributed by atoms with Gasteiger partial charge < -0.3 is 4.74 Å². The first-order valence-electron chi connectivity index (χ1n) is 5.62. The minimum absolute atomic E-state index is 0.211. The summed E-state index contributed by atoms with van der Waals surface area (Å²) in [5.41, 5.74) is 5.16. The summed E-state index contributed by atoms with van der Waals surface area (Å²) in [5.74, 6) is -0.211. The van der Waals surface area contributed by atoms with Gasteiger partial charge in [-0.25, -0.2) is 4.79 Å². The molecule has 0 bridgehead atoms. The smallest absolute Gasteiger partial charge is 0.338 e. The first-order chi connectivity index (χ1) is 8.27. The minimum atomic E-state index is -0.211. The molecule has 17 heavy (non-hydrogen) atoms. The summed E-state index contributed by atoms with van der Waals surface area (Å²) in [6.07, 6.45) is 0. The van der Waals surface area contributed by atoms with Gasteiger partial charge in [-0.3, -0.25) is 0 Å². The molecular formula is C15H12O2. The van der Waals surface area contributed by atoms with Crippen molar-refractivity contribution in [2.24, 2.45) is 0 Å². The average molecular weight is 224 g/mol. The molecule has 0 spiro atoms. The van der Waals surface area contributed by atoms with Gasteiger partial charge in [0.15, 0.2) is 0 Å². The fourth-order valence-electron chi connectivity index (χ4n) is 2.33. The second kappa shape index (κ2) is 3.74. The van der Waals surface area contributed by atoms with Crippen LogP contribution in [0, 0.1) is 6.92 Å². The third-order valence-corrected chi connectivity index (χ3v) is 3.15. The van der Waals surface area contributed by atoms with E-state index in [0.717, 1.165) is 16.7 Å². The number of carbonyl (C=O) groups excluding carboxylic acids is 1. The van der Waals surface area contributed by atoms with Crippen LogP contribution in [0.1, 0.15) is 21.5 Å². The van der Waals surface area contributed by atoms with Crippen LogP contribution in [0.2, 0.25) is 0 Å². The fraction of sp³-hybridized carbons (Fsp3) is 0.133. The monoisotopic (exact) mass is 224 g/mol. The summed E-state index contributed by atoms with van der Waals surface area (Å²) in [6, 6.07) is 14.0. The van der Waals surface area contributed by atoms with Crippen LogP contribution in [-0.4, -0.2) is 5.97 Å². The van der Waals surface area contributed by atoms with E-state index >= 15 is 0 Å². The number of aryl methyl sites for hydroxylation is 1. The lowest BCUT2D eigenvalue weighted by Crippen LogP contribution is -1.95. The normalized spacial score (nSPS) is 13.4. The largest absolute Gasteiger partial charge is 0.457 e. The van der Waals surface area contributed by atoms with Crippen molar-refractivity contribution >= 4 is 5.97 Å². The molecule has 3 rings (SSSR count). The van der Waals surface area contributed by atoms with Gasteiger partial charge in [-0.2, -0.15) is 0 Å². The predicted octanol–water partition coefficient (Wildman–Crippen LogP) is 3.33. The average Bonchev–Trinajstić information content (AvgIpc) is 2.72. The molecule has 2 aromatic carbocycles. The second-order valence-electron chi connectivity index (χ2n) is 4.23. The highest BCUT2D eigenvalue weighted by Crippen LogP contribution is 2.33. The molecule has 0 fully saturated rings. The van der Waals surface area contributed by atoms with Crippen LogP contribution < -0.4 is 0 Å². The van der Waals surface area contributed by atoms with Gasteiger partial charge in [0.25, 0.3) is 0 Å². The van der Waals surface area contributed by atoms with Crippen molar-refractivity contribution in [3.05, 3.63) is 59.2 Å². The Hall–Kier alpha value is -2.09. The number of fused-ring (bicyclic) bond motifs is 1. The van der Waals surface area contributed by atoms with Crippen molar-refractivity contribution < 1.29 is 9.53 Å². The summed E-state index contributed by atoms with van der Waals surface area (Å²) >= 11 is 0. The Morgan fingerprint density at radius 3 is 2.59 bits per heavy atom. The van der Waals surface area contributed by atoms with Crippen LogP contribution in [0.3, 0.4) is 0 Å². The molecule has 1 aliphatic rings. The van der Waals surface area contributed by atoms with Crippen LogP contribution in [0.5, 0.6) is 0 Å². The summed E-state index contributed by atoms with van der Waals surface area (Å²) in [7, 11) is 0. The molecule has 1 heterocycles. The van der Waals surface area contributed by atoms with E-state index in [-0.39, 0.29) is 5.97 Å². The molecule has 1 aliphatic heterocycles. The summed E-state index contributed by atoms with van der Waals surface area (Å²) in [6.45, 7) is 2.45. The van der Waals surface area contributed by atoms with E-state index < -0.39 is 0 Å². The third-order valence-electron chi connectivity index (χ3n) is 3.15. The molecule has 0 atom stereocenters. The SMILES string of the molecule is Cc1ccc2c(c1-c1ccccc1)COC2=O. The van der Waals surface area contributed by atoms with Crippen molar-refractivity contribution in [1.82, 2.24) is 0 Å². The van der Waals surface area contributed by atoms with E-state index in [4.69, 9.17) is 4.74 Å². The number of benzene rings is 2. The van der Waals surface area contributed by atoms with E-state index in [9.17, 15) is 4.79 Å². The molecule has 2 nitrogen and oxygen atoms in total. The Morgan fingerprint density at radius 1 is 1.06 bits per heavy atom. The van der Waals surface area contributed by atoms with Gasteiger partial charge in [0.2, 0.25) is 0 Å². The van der Waals surface area contributed by atoms with Crippen molar-refractivity contribution in [1.29, 1.82) is 0 Å². The van der Waals surface area contributed by atoms with Crippen LogP contribution in [-0.2, 0) is 11.3 Å². The maximum absolute atomic E-state index is 11.5. The molecule has 0 aliphatic carbocycles. The van der Waals surface area contributed by atoms with Gasteiger partial charge in [-0.05, 0) is 29.7 Å². The number of cyclic esters (lactones) is 1. The highest BCUT2D eigenvalue weighted by atomic mass is 16.5.